The second-order valence-electron chi connectivity index (χ2n) is 9.60. The monoisotopic (exact) mass is 546 g/mol. The van der Waals surface area contributed by atoms with E-state index in [1.54, 1.807) is 25.1 Å². The van der Waals surface area contributed by atoms with E-state index in [-0.39, 0.29) is 45.7 Å². The second kappa shape index (κ2) is 12.5. The maximum atomic E-state index is 13.5. The van der Waals surface area contributed by atoms with Crippen molar-refractivity contribution >= 4 is 34.8 Å². The highest BCUT2D eigenvalue weighted by Crippen LogP contribution is 2.47. The van der Waals surface area contributed by atoms with Crippen LogP contribution >= 0.6 is 11.6 Å². The topological polar surface area (TPSA) is 123 Å². The third-order valence-electron chi connectivity index (χ3n) is 6.55. The lowest BCUT2D eigenvalue weighted by atomic mass is 9.85. The Morgan fingerprint density at radius 2 is 1.82 bits per heavy atom. The van der Waals surface area contributed by atoms with E-state index in [9.17, 15) is 19.5 Å². The first kappa shape index (κ1) is 29.3. The third kappa shape index (κ3) is 6.22. The zero-order valence-electron chi connectivity index (χ0n) is 22.5. The fraction of sp³-hybridized carbons (Fsp3) is 0.464. The molecule has 3 unspecified atom stereocenters. The Morgan fingerprint density at radius 1 is 1.13 bits per heavy atom. The normalized spacial score (nSPS) is 17.7. The van der Waals surface area contributed by atoms with E-state index in [4.69, 9.17) is 25.8 Å². The van der Waals surface area contributed by atoms with Crippen LogP contribution in [0.3, 0.4) is 0 Å². The van der Waals surface area contributed by atoms with Crippen molar-refractivity contribution in [1.82, 2.24) is 5.32 Å². The number of ketones is 2. The SMILES string of the molecule is COc1cc(OC)c(C2CCNC2C(C)OC(C)=O)c(O)c1C(=O)CC(=O)c1cccc(NC(C)C)c1Cl. The number of Topliss-reactive ketones (excluding diaryl/α,β-unsaturated/α-hetero) is 2. The number of hydrogen-bond acceptors (Lipinski definition) is 9. The number of benzene rings is 2. The molecule has 9 nitrogen and oxygen atoms in total. The molecule has 1 aliphatic rings. The lowest BCUT2D eigenvalue weighted by Gasteiger charge is -2.28. The molecule has 206 valence electrons. The van der Waals surface area contributed by atoms with Crippen LogP contribution in [0.5, 0.6) is 17.2 Å². The van der Waals surface area contributed by atoms with Crippen LogP contribution in [0.15, 0.2) is 24.3 Å². The van der Waals surface area contributed by atoms with Gasteiger partial charge in [-0.1, -0.05) is 17.7 Å². The van der Waals surface area contributed by atoms with E-state index in [0.717, 1.165) is 0 Å². The summed E-state index contributed by atoms with van der Waals surface area (Å²) in [6.07, 6.45) is -0.429. The van der Waals surface area contributed by atoms with Crippen molar-refractivity contribution in [3.05, 3.63) is 46.0 Å². The molecule has 38 heavy (non-hydrogen) atoms. The number of aromatic hydroxyl groups is 1. The van der Waals surface area contributed by atoms with Crippen molar-refractivity contribution in [1.29, 1.82) is 0 Å². The highest BCUT2D eigenvalue weighted by Gasteiger charge is 2.39. The van der Waals surface area contributed by atoms with Gasteiger partial charge in [-0.3, -0.25) is 14.4 Å². The number of phenols is 1. The zero-order valence-corrected chi connectivity index (χ0v) is 23.3. The molecule has 3 N–H and O–H groups in total. The van der Waals surface area contributed by atoms with Gasteiger partial charge in [0.05, 0.1) is 37.4 Å². The molecule has 1 saturated heterocycles. The molecule has 0 radical (unpaired) electrons. The Labute approximate surface area is 227 Å². The molecule has 1 aliphatic heterocycles. The standard InChI is InChI=1S/C28H35ClN2O7/c1-14(2)31-19-9-7-8-17(26(19)29)20(33)12-21(34)25-23(37-6)13-22(36-5)24(28(25)35)18-10-11-30-27(18)15(3)38-16(4)32/h7-9,13-15,18,27,30-31,35H,10-12H2,1-6H3. The number of rotatable bonds is 11. The van der Waals surface area contributed by atoms with Crippen LogP contribution in [0.25, 0.3) is 0 Å². The summed E-state index contributed by atoms with van der Waals surface area (Å²) >= 11 is 6.47. The van der Waals surface area contributed by atoms with E-state index in [2.05, 4.69) is 10.6 Å². The largest absolute Gasteiger partial charge is 0.507 e. The average Bonchev–Trinajstić information content (AvgIpc) is 3.33. The summed E-state index contributed by atoms with van der Waals surface area (Å²) in [6, 6.07) is 6.30. The highest BCUT2D eigenvalue weighted by atomic mass is 35.5. The van der Waals surface area contributed by atoms with Crippen molar-refractivity contribution in [2.24, 2.45) is 0 Å². The van der Waals surface area contributed by atoms with Gasteiger partial charge in [0, 0.05) is 36.1 Å². The molecule has 0 bridgehead atoms. The number of esters is 1. The number of halogens is 1. The number of carbonyl (C=O) groups is 3. The summed E-state index contributed by atoms with van der Waals surface area (Å²) in [5, 5.41) is 18.2. The fourth-order valence-corrected chi connectivity index (χ4v) is 5.26. The summed E-state index contributed by atoms with van der Waals surface area (Å²) in [4.78, 5) is 38.2. The van der Waals surface area contributed by atoms with Gasteiger partial charge in [-0.15, -0.1) is 0 Å². The average molecular weight is 547 g/mol. The molecule has 10 heteroatoms. The van der Waals surface area contributed by atoms with Gasteiger partial charge in [-0.25, -0.2) is 0 Å². The lowest BCUT2D eigenvalue weighted by molar-refractivity contribution is -0.146. The third-order valence-corrected chi connectivity index (χ3v) is 6.95. The van der Waals surface area contributed by atoms with Crippen LogP contribution in [0.1, 0.15) is 72.7 Å². The number of hydrogen-bond donors (Lipinski definition) is 3. The number of nitrogens with one attached hydrogen (secondary N) is 2. The van der Waals surface area contributed by atoms with Crippen molar-refractivity contribution in [3.8, 4) is 17.2 Å². The predicted molar refractivity (Wildman–Crippen MR) is 145 cm³/mol. The van der Waals surface area contributed by atoms with Gasteiger partial charge in [0.15, 0.2) is 11.6 Å². The maximum absolute atomic E-state index is 13.5. The number of ether oxygens (including phenoxy) is 3. The Kier molecular flexibility index (Phi) is 9.62. The summed E-state index contributed by atoms with van der Waals surface area (Å²) < 4.78 is 16.4. The van der Waals surface area contributed by atoms with E-state index in [0.29, 0.717) is 30.0 Å². The Balaban J connectivity index is 2.00. The minimum Gasteiger partial charge on any atom is -0.507 e. The van der Waals surface area contributed by atoms with Crippen molar-refractivity contribution < 1.29 is 33.7 Å². The molecule has 0 aliphatic carbocycles. The summed E-state index contributed by atoms with van der Waals surface area (Å²) in [6.45, 7) is 7.60. The van der Waals surface area contributed by atoms with Crippen LogP contribution in [-0.2, 0) is 9.53 Å². The Morgan fingerprint density at radius 3 is 2.42 bits per heavy atom. The van der Waals surface area contributed by atoms with Gasteiger partial charge in [-0.05, 0) is 45.9 Å². The molecule has 0 spiro atoms. The minimum absolute atomic E-state index is 0.0813. The minimum atomic E-state index is -0.623. The smallest absolute Gasteiger partial charge is 0.302 e. The molecule has 0 aromatic heterocycles. The Hall–Kier alpha value is -3.30. The predicted octanol–water partition coefficient (Wildman–Crippen LogP) is 4.74. The zero-order chi connectivity index (χ0) is 28.1. The molecular formula is C28H35ClN2O7. The fourth-order valence-electron chi connectivity index (χ4n) is 4.97. The number of anilines is 1. The number of methoxy groups -OCH3 is 2. The molecule has 2 aromatic carbocycles. The summed E-state index contributed by atoms with van der Waals surface area (Å²) in [5.74, 6) is -1.78. The molecule has 1 heterocycles. The van der Waals surface area contributed by atoms with E-state index in [1.165, 1.54) is 27.2 Å². The molecule has 0 saturated carbocycles. The van der Waals surface area contributed by atoms with E-state index >= 15 is 0 Å². The Bertz CT molecular complexity index is 1210. The molecule has 3 rings (SSSR count). The summed E-state index contributed by atoms with van der Waals surface area (Å²) in [7, 11) is 2.82. The first-order chi connectivity index (χ1) is 18.0. The molecule has 1 fully saturated rings. The number of phenolic OH excluding ortho intramolecular Hbond substituents is 1. The van der Waals surface area contributed by atoms with Crippen LogP contribution in [-0.4, -0.2) is 61.6 Å². The second-order valence-corrected chi connectivity index (χ2v) is 9.98. The van der Waals surface area contributed by atoms with Gasteiger partial charge in [0.2, 0.25) is 0 Å². The van der Waals surface area contributed by atoms with E-state index < -0.39 is 30.1 Å². The van der Waals surface area contributed by atoms with Crippen LogP contribution in [0.4, 0.5) is 5.69 Å². The summed E-state index contributed by atoms with van der Waals surface area (Å²) in [5.41, 5.74) is 1.07. The molecule has 0 amide bonds. The van der Waals surface area contributed by atoms with Gasteiger partial charge in [0.25, 0.3) is 0 Å². The van der Waals surface area contributed by atoms with Crippen LogP contribution in [0, 0.1) is 0 Å². The quantitative estimate of drug-likeness (QED) is 0.208. The number of carbonyl (C=O) groups excluding carboxylic acids is 3. The van der Waals surface area contributed by atoms with Gasteiger partial charge >= 0.3 is 5.97 Å². The first-order valence-electron chi connectivity index (χ1n) is 12.5. The van der Waals surface area contributed by atoms with Gasteiger partial charge < -0.3 is 30.0 Å². The molecular weight excluding hydrogens is 512 g/mol. The lowest BCUT2D eigenvalue weighted by Crippen LogP contribution is -2.39. The molecule has 2 aromatic rings. The highest BCUT2D eigenvalue weighted by molar-refractivity contribution is 6.37. The van der Waals surface area contributed by atoms with Crippen LogP contribution in [0.2, 0.25) is 5.02 Å². The maximum Gasteiger partial charge on any atom is 0.302 e. The molecule has 3 atom stereocenters. The van der Waals surface area contributed by atoms with Gasteiger partial charge in [-0.2, -0.15) is 0 Å². The van der Waals surface area contributed by atoms with Crippen molar-refractivity contribution in [2.75, 3.05) is 26.1 Å². The van der Waals surface area contributed by atoms with Gasteiger partial charge in [0.1, 0.15) is 28.9 Å². The van der Waals surface area contributed by atoms with Crippen molar-refractivity contribution in [2.45, 2.75) is 64.6 Å². The van der Waals surface area contributed by atoms with E-state index in [1.807, 2.05) is 13.8 Å². The first-order valence-corrected chi connectivity index (χ1v) is 12.9. The van der Waals surface area contributed by atoms with Crippen molar-refractivity contribution in [3.63, 3.8) is 0 Å². The van der Waals surface area contributed by atoms with Crippen LogP contribution < -0.4 is 20.1 Å².